The summed E-state index contributed by atoms with van der Waals surface area (Å²) < 4.78 is 6.58. The van der Waals surface area contributed by atoms with Gasteiger partial charge in [0.1, 0.15) is 17.7 Å². The van der Waals surface area contributed by atoms with E-state index in [4.69, 9.17) is 4.52 Å². The Morgan fingerprint density at radius 1 is 1.21 bits per heavy atom. The summed E-state index contributed by atoms with van der Waals surface area (Å²) in [5.74, 6) is -0.238. The summed E-state index contributed by atoms with van der Waals surface area (Å²) >= 11 is 0. The molecule has 1 amide bonds. The maximum Gasteiger partial charge on any atom is 0.270 e. The van der Waals surface area contributed by atoms with E-state index in [9.17, 15) is 4.79 Å². The topological polar surface area (TPSA) is 85.8 Å². The van der Waals surface area contributed by atoms with Gasteiger partial charge in [-0.15, -0.1) is 0 Å². The van der Waals surface area contributed by atoms with Crippen LogP contribution in [-0.4, -0.2) is 25.8 Å². The van der Waals surface area contributed by atoms with E-state index in [1.807, 2.05) is 42.1 Å². The first-order chi connectivity index (χ1) is 13.7. The molecule has 0 unspecified atom stereocenters. The maximum absolute atomic E-state index is 12.4. The van der Waals surface area contributed by atoms with Crippen LogP contribution in [0.15, 0.2) is 71.8 Å². The van der Waals surface area contributed by atoms with Crippen molar-refractivity contribution in [3.05, 3.63) is 95.4 Å². The number of pyridine rings is 1. The third kappa shape index (κ3) is 3.98. The number of aryl methyl sites for hydroxylation is 1. The molecular formula is C21H19N5O2. The number of nitrogens with one attached hydrogen (secondary N) is 1. The van der Waals surface area contributed by atoms with Gasteiger partial charge in [0.2, 0.25) is 0 Å². The van der Waals surface area contributed by atoms with Crippen LogP contribution in [0.3, 0.4) is 0 Å². The van der Waals surface area contributed by atoms with E-state index >= 15 is 0 Å². The Morgan fingerprint density at radius 2 is 2.07 bits per heavy atom. The summed E-state index contributed by atoms with van der Waals surface area (Å²) in [6.07, 6.45) is 7.59. The molecule has 0 aliphatic rings. The molecule has 0 saturated heterocycles. The molecule has 0 radical (unpaired) electrons. The Labute approximate surface area is 162 Å². The van der Waals surface area contributed by atoms with E-state index in [2.05, 4.69) is 32.7 Å². The van der Waals surface area contributed by atoms with E-state index < -0.39 is 0 Å². The molecule has 0 atom stereocenters. The van der Waals surface area contributed by atoms with Crippen molar-refractivity contribution in [3.63, 3.8) is 0 Å². The summed E-state index contributed by atoms with van der Waals surface area (Å²) in [6.45, 7) is 2.30. The first-order valence-electron chi connectivity index (χ1n) is 8.91. The number of carbonyl (C=O) groups excluding carboxylic acids is 1. The Kier molecular flexibility index (Phi) is 4.97. The fourth-order valence-corrected chi connectivity index (χ4v) is 2.88. The number of aromatic nitrogens is 4. The van der Waals surface area contributed by atoms with Crippen molar-refractivity contribution in [1.82, 2.24) is 25.2 Å². The van der Waals surface area contributed by atoms with Crippen molar-refractivity contribution in [2.24, 2.45) is 0 Å². The molecular weight excluding hydrogens is 354 g/mol. The van der Waals surface area contributed by atoms with Crippen LogP contribution in [0.25, 0.3) is 5.69 Å². The van der Waals surface area contributed by atoms with Crippen LogP contribution in [0, 0.1) is 6.92 Å². The smallest absolute Gasteiger partial charge is 0.270 e. The molecule has 0 fully saturated rings. The minimum Gasteiger partial charge on any atom is -0.364 e. The highest BCUT2D eigenvalue weighted by Gasteiger charge is 2.11. The normalized spacial score (nSPS) is 10.8. The molecule has 0 spiro atoms. The van der Waals surface area contributed by atoms with Gasteiger partial charge in [0.05, 0.1) is 12.2 Å². The molecule has 3 heterocycles. The fourth-order valence-electron chi connectivity index (χ4n) is 2.88. The molecule has 1 aromatic carbocycles. The van der Waals surface area contributed by atoms with Gasteiger partial charge in [-0.3, -0.25) is 9.78 Å². The highest BCUT2D eigenvalue weighted by atomic mass is 16.5. The number of hydrogen-bond donors (Lipinski definition) is 1. The monoisotopic (exact) mass is 373 g/mol. The minimum atomic E-state index is -0.238. The summed E-state index contributed by atoms with van der Waals surface area (Å²) in [5.41, 5.74) is 5.32. The van der Waals surface area contributed by atoms with E-state index in [1.54, 1.807) is 18.5 Å². The van der Waals surface area contributed by atoms with Gasteiger partial charge < -0.3 is 9.84 Å². The molecule has 0 aliphatic carbocycles. The fraction of sp³-hybridized carbons (Fsp3) is 0.143. The van der Waals surface area contributed by atoms with E-state index in [1.165, 1.54) is 6.26 Å². The Morgan fingerprint density at radius 3 is 2.79 bits per heavy atom. The largest absolute Gasteiger partial charge is 0.364 e. The minimum absolute atomic E-state index is 0.238. The van der Waals surface area contributed by atoms with Crippen LogP contribution in [0.1, 0.15) is 32.9 Å². The average molecular weight is 373 g/mol. The highest BCUT2D eigenvalue weighted by Crippen LogP contribution is 2.16. The standard InChI is InChI=1S/C21H19N5O2/c1-15-13-22-20(21(27)23-14-18-7-10-28-25-18)12-17(15)11-16-3-5-19(6-4-16)26-9-2-8-24-26/h2-10,12-13H,11,14H2,1H3,(H,23,27). The van der Waals surface area contributed by atoms with Gasteiger partial charge in [0.15, 0.2) is 0 Å². The number of amides is 1. The lowest BCUT2D eigenvalue weighted by molar-refractivity contribution is 0.0945. The summed E-state index contributed by atoms with van der Waals surface area (Å²) in [4.78, 5) is 16.7. The Bertz CT molecular complexity index is 1050. The molecule has 4 aromatic rings. The van der Waals surface area contributed by atoms with E-state index in [0.717, 1.165) is 28.8 Å². The van der Waals surface area contributed by atoms with Crippen molar-refractivity contribution in [3.8, 4) is 5.69 Å². The van der Waals surface area contributed by atoms with Crippen LogP contribution in [-0.2, 0) is 13.0 Å². The molecule has 28 heavy (non-hydrogen) atoms. The summed E-state index contributed by atoms with van der Waals surface area (Å²) in [7, 11) is 0. The quantitative estimate of drug-likeness (QED) is 0.561. The zero-order valence-corrected chi connectivity index (χ0v) is 15.4. The van der Waals surface area contributed by atoms with Crippen LogP contribution >= 0.6 is 0 Å². The molecule has 140 valence electrons. The Balaban J connectivity index is 1.47. The van der Waals surface area contributed by atoms with Gasteiger partial charge >= 0.3 is 0 Å². The number of carbonyl (C=O) groups is 1. The third-order valence-electron chi connectivity index (χ3n) is 4.47. The van der Waals surface area contributed by atoms with Crippen molar-refractivity contribution in [2.75, 3.05) is 0 Å². The van der Waals surface area contributed by atoms with Crippen LogP contribution < -0.4 is 5.32 Å². The predicted molar refractivity (Wildman–Crippen MR) is 103 cm³/mol. The van der Waals surface area contributed by atoms with Crippen LogP contribution in [0.4, 0.5) is 0 Å². The lowest BCUT2D eigenvalue weighted by Crippen LogP contribution is -2.24. The van der Waals surface area contributed by atoms with Gasteiger partial charge in [-0.05, 0) is 54.3 Å². The third-order valence-corrected chi connectivity index (χ3v) is 4.47. The molecule has 4 rings (SSSR count). The van der Waals surface area contributed by atoms with Crippen molar-refractivity contribution in [2.45, 2.75) is 19.9 Å². The SMILES string of the molecule is Cc1cnc(C(=O)NCc2ccon2)cc1Cc1ccc(-n2cccn2)cc1. The number of hydrogen-bond acceptors (Lipinski definition) is 5. The van der Waals surface area contributed by atoms with Crippen molar-refractivity contribution >= 4 is 5.91 Å². The molecule has 0 aliphatic heterocycles. The summed E-state index contributed by atoms with van der Waals surface area (Å²) in [5, 5.41) is 10.8. The first kappa shape index (κ1) is 17.7. The van der Waals surface area contributed by atoms with Gasteiger partial charge in [-0.2, -0.15) is 5.10 Å². The molecule has 3 aromatic heterocycles. The van der Waals surface area contributed by atoms with Gasteiger partial charge in [-0.1, -0.05) is 17.3 Å². The number of rotatable bonds is 6. The van der Waals surface area contributed by atoms with Crippen molar-refractivity contribution < 1.29 is 9.32 Å². The predicted octanol–water partition coefficient (Wildman–Crippen LogP) is 3.08. The van der Waals surface area contributed by atoms with Crippen LogP contribution in [0.2, 0.25) is 0 Å². The zero-order valence-electron chi connectivity index (χ0n) is 15.4. The van der Waals surface area contributed by atoms with E-state index in [-0.39, 0.29) is 5.91 Å². The molecule has 7 nitrogen and oxygen atoms in total. The highest BCUT2D eigenvalue weighted by molar-refractivity contribution is 5.92. The second-order valence-electron chi connectivity index (χ2n) is 6.46. The van der Waals surface area contributed by atoms with Gasteiger partial charge in [0, 0.05) is 24.7 Å². The van der Waals surface area contributed by atoms with Gasteiger partial charge in [0.25, 0.3) is 5.91 Å². The maximum atomic E-state index is 12.4. The molecule has 0 saturated carbocycles. The second kappa shape index (κ2) is 7.87. The Hall–Kier alpha value is -3.74. The molecule has 0 bridgehead atoms. The summed E-state index contributed by atoms with van der Waals surface area (Å²) in [6, 6.07) is 13.6. The van der Waals surface area contributed by atoms with Crippen LogP contribution in [0.5, 0.6) is 0 Å². The van der Waals surface area contributed by atoms with Crippen molar-refractivity contribution in [1.29, 1.82) is 0 Å². The average Bonchev–Trinajstić information content (AvgIpc) is 3.42. The second-order valence-corrected chi connectivity index (χ2v) is 6.46. The number of benzene rings is 1. The van der Waals surface area contributed by atoms with E-state index in [0.29, 0.717) is 17.9 Å². The molecule has 7 heteroatoms. The molecule has 1 N–H and O–H groups in total. The number of nitrogens with zero attached hydrogens (tertiary/aromatic N) is 4. The lowest BCUT2D eigenvalue weighted by Gasteiger charge is -2.09. The first-order valence-corrected chi connectivity index (χ1v) is 8.91. The lowest BCUT2D eigenvalue weighted by atomic mass is 10.0. The van der Waals surface area contributed by atoms with Gasteiger partial charge in [-0.25, -0.2) is 4.68 Å². The zero-order chi connectivity index (χ0) is 19.3.